The normalized spacial score (nSPS) is 21.5. The molecule has 0 aliphatic heterocycles. The maximum Gasteiger partial charge on any atom is 0.0210 e. The number of nitrogens with one attached hydrogen (secondary N) is 1. The molecular weight excluding hydrogens is 378 g/mol. The SMILES string of the molecule is Brc1cccc(CNC2CC(c3ccccc3Br)C2)c1. The van der Waals surface area contributed by atoms with Crippen LogP contribution in [0.3, 0.4) is 0 Å². The summed E-state index contributed by atoms with van der Waals surface area (Å²) in [6.45, 7) is 0.951. The van der Waals surface area contributed by atoms with Crippen molar-refractivity contribution in [1.82, 2.24) is 5.32 Å². The average molecular weight is 395 g/mol. The molecule has 3 heteroatoms. The van der Waals surface area contributed by atoms with Crippen LogP contribution in [0.25, 0.3) is 0 Å². The largest absolute Gasteiger partial charge is 0.310 e. The second-order valence-electron chi connectivity index (χ2n) is 5.40. The number of benzene rings is 2. The summed E-state index contributed by atoms with van der Waals surface area (Å²) >= 11 is 7.16. The van der Waals surface area contributed by atoms with Crippen LogP contribution in [0, 0.1) is 0 Å². The maximum atomic E-state index is 3.65. The van der Waals surface area contributed by atoms with Gasteiger partial charge in [-0.25, -0.2) is 0 Å². The average Bonchev–Trinajstić information content (AvgIpc) is 2.39. The van der Waals surface area contributed by atoms with Gasteiger partial charge < -0.3 is 5.32 Å². The molecule has 1 nitrogen and oxygen atoms in total. The van der Waals surface area contributed by atoms with E-state index in [2.05, 4.69) is 85.7 Å². The minimum atomic E-state index is 0.645. The van der Waals surface area contributed by atoms with Gasteiger partial charge in [0.05, 0.1) is 0 Å². The van der Waals surface area contributed by atoms with Crippen molar-refractivity contribution in [1.29, 1.82) is 0 Å². The highest BCUT2D eigenvalue weighted by molar-refractivity contribution is 9.10. The minimum absolute atomic E-state index is 0.645. The molecule has 1 aliphatic carbocycles. The van der Waals surface area contributed by atoms with Crippen LogP contribution in [0.2, 0.25) is 0 Å². The lowest BCUT2D eigenvalue weighted by Gasteiger charge is -2.37. The van der Waals surface area contributed by atoms with E-state index in [1.165, 1.54) is 28.4 Å². The van der Waals surface area contributed by atoms with Gasteiger partial charge in [0.25, 0.3) is 0 Å². The van der Waals surface area contributed by atoms with E-state index in [1.54, 1.807) is 0 Å². The lowest BCUT2D eigenvalue weighted by molar-refractivity contribution is 0.289. The highest BCUT2D eigenvalue weighted by Crippen LogP contribution is 2.40. The molecule has 1 aliphatic rings. The van der Waals surface area contributed by atoms with Crippen LogP contribution in [-0.2, 0) is 6.54 Å². The van der Waals surface area contributed by atoms with E-state index >= 15 is 0 Å². The molecule has 104 valence electrons. The molecule has 0 unspecified atom stereocenters. The second-order valence-corrected chi connectivity index (χ2v) is 7.17. The molecule has 20 heavy (non-hydrogen) atoms. The predicted octanol–water partition coefficient (Wildman–Crippen LogP) is 5.25. The molecule has 3 rings (SSSR count). The first kappa shape index (κ1) is 14.3. The molecule has 2 aromatic carbocycles. The molecule has 2 aromatic rings. The smallest absolute Gasteiger partial charge is 0.0210 e. The maximum absolute atomic E-state index is 3.65. The number of hydrogen-bond acceptors (Lipinski definition) is 1. The summed E-state index contributed by atoms with van der Waals surface area (Å²) in [7, 11) is 0. The Bertz CT molecular complexity index is 591. The first-order chi connectivity index (χ1) is 9.72. The Morgan fingerprint density at radius 1 is 1.00 bits per heavy atom. The van der Waals surface area contributed by atoms with Crippen molar-refractivity contribution >= 4 is 31.9 Å². The lowest BCUT2D eigenvalue weighted by atomic mass is 9.76. The van der Waals surface area contributed by atoms with Crippen molar-refractivity contribution in [3.05, 3.63) is 68.6 Å². The van der Waals surface area contributed by atoms with Gasteiger partial charge in [0.2, 0.25) is 0 Å². The number of rotatable bonds is 4. The summed E-state index contributed by atoms with van der Waals surface area (Å²) in [5.41, 5.74) is 2.79. The number of halogens is 2. The topological polar surface area (TPSA) is 12.0 Å². The Balaban J connectivity index is 1.50. The Labute approximate surface area is 137 Å². The van der Waals surface area contributed by atoms with Gasteiger partial charge in [0.1, 0.15) is 0 Å². The Hall–Kier alpha value is -0.640. The van der Waals surface area contributed by atoms with Gasteiger partial charge in [-0.2, -0.15) is 0 Å². The van der Waals surface area contributed by atoms with Gasteiger partial charge in [0, 0.05) is 21.5 Å². The fraction of sp³-hybridized carbons (Fsp3) is 0.294. The first-order valence-corrected chi connectivity index (χ1v) is 8.53. The summed E-state index contributed by atoms with van der Waals surface area (Å²) in [5.74, 6) is 0.700. The van der Waals surface area contributed by atoms with Crippen LogP contribution < -0.4 is 5.32 Å². The highest BCUT2D eigenvalue weighted by Gasteiger charge is 2.30. The minimum Gasteiger partial charge on any atom is -0.310 e. The monoisotopic (exact) mass is 393 g/mol. The van der Waals surface area contributed by atoms with E-state index in [0.717, 1.165) is 11.0 Å². The lowest BCUT2D eigenvalue weighted by Crippen LogP contribution is -2.39. The van der Waals surface area contributed by atoms with Gasteiger partial charge in [-0.15, -0.1) is 0 Å². The van der Waals surface area contributed by atoms with Crippen LogP contribution in [0.5, 0.6) is 0 Å². The fourth-order valence-corrected chi connectivity index (χ4v) is 3.81. The summed E-state index contributed by atoms with van der Waals surface area (Å²) in [4.78, 5) is 0. The van der Waals surface area contributed by atoms with Gasteiger partial charge >= 0.3 is 0 Å². The summed E-state index contributed by atoms with van der Waals surface area (Å²) in [6.07, 6.45) is 2.47. The Morgan fingerprint density at radius 2 is 1.80 bits per heavy atom. The van der Waals surface area contributed by atoms with Crippen molar-refractivity contribution in [3.63, 3.8) is 0 Å². The first-order valence-electron chi connectivity index (χ1n) is 6.94. The number of hydrogen-bond donors (Lipinski definition) is 1. The Morgan fingerprint density at radius 3 is 2.55 bits per heavy atom. The van der Waals surface area contributed by atoms with Crippen molar-refractivity contribution in [3.8, 4) is 0 Å². The van der Waals surface area contributed by atoms with Gasteiger partial charge in [-0.05, 0) is 48.1 Å². The van der Waals surface area contributed by atoms with E-state index in [4.69, 9.17) is 0 Å². The second kappa shape index (κ2) is 6.42. The zero-order chi connectivity index (χ0) is 13.9. The molecule has 0 spiro atoms. The summed E-state index contributed by atoms with van der Waals surface area (Å²) < 4.78 is 2.40. The van der Waals surface area contributed by atoms with Crippen LogP contribution in [0.1, 0.15) is 29.9 Å². The quantitative estimate of drug-likeness (QED) is 0.746. The molecule has 0 bridgehead atoms. The van der Waals surface area contributed by atoms with Gasteiger partial charge in [0.15, 0.2) is 0 Å². The Kier molecular flexibility index (Phi) is 4.59. The van der Waals surface area contributed by atoms with E-state index in [0.29, 0.717) is 12.0 Å². The van der Waals surface area contributed by atoms with Crippen LogP contribution in [-0.4, -0.2) is 6.04 Å². The third-order valence-electron chi connectivity index (χ3n) is 3.97. The molecule has 1 fully saturated rings. The molecule has 1 N–H and O–H groups in total. The third-order valence-corrected chi connectivity index (χ3v) is 5.18. The van der Waals surface area contributed by atoms with Crippen LogP contribution in [0.4, 0.5) is 0 Å². The zero-order valence-corrected chi connectivity index (χ0v) is 14.3. The van der Waals surface area contributed by atoms with Crippen molar-refractivity contribution < 1.29 is 0 Å². The van der Waals surface area contributed by atoms with Gasteiger partial charge in [-0.1, -0.05) is 62.2 Å². The molecular formula is C17H17Br2N. The molecule has 0 amide bonds. The van der Waals surface area contributed by atoms with Crippen molar-refractivity contribution in [2.45, 2.75) is 31.3 Å². The zero-order valence-electron chi connectivity index (χ0n) is 11.2. The van der Waals surface area contributed by atoms with Crippen molar-refractivity contribution in [2.24, 2.45) is 0 Å². The molecule has 0 atom stereocenters. The molecule has 0 aromatic heterocycles. The third kappa shape index (κ3) is 3.33. The van der Waals surface area contributed by atoms with E-state index in [9.17, 15) is 0 Å². The van der Waals surface area contributed by atoms with Crippen LogP contribution >= 0.6 is 31.9 Å². The van der Waals surface area contributed by atoms with E-state index in [1.807, 2.05) is 0 Å². The summed E-state index contributed by atoms with van der Waals surface area (Å²) in [5, 5.41) is 3.65. The molecule has 0 radical (unpaired) electrons. The van der Waals surface area contributed by atoms with E-state index < -0.39 is 0 Å². The fourth-order valence-electron chi connectivity index (χ4n) is 2.75. The van der Waals surface area contributed by atoms with Gasteiger partial charge in [-0.3, -0.25) is 0 Å². The molecule has 0 saturated heterocycles. The molecule has 0 heterocycles. The summed E-state index contributed by atoms with van der Waals surface area (Å²) in [6, 6.07) is 17.7. The van der Waals surface area contributed by atoms with E-state index in [-0.39, 0.29) is 0 Å². The predicted molar refractivity (Wildman–Crippen MR) is 90.9 cm³/mol. The standard InChI is InChI=1S/C17H17Br2N/c18-14-5-3-4-12(8-14)11-20-15-9-13(10-15)16-6-1-2-7-17(16)19/h1-8,13,15,20H,9-11H2. The van der Waals surface area contributed by atoms with Crippen LogP contribution in [0.15, 0.2) is 57.5 Å². The molecule has 1 saturated carbocycles. The van der Waals surface area contributed by atoms with Crippen molar-refractivity contribution in [2.75, 3.05) is 0 Å². The highest BCUT2D eigenvalue weighted by atomic mass is 79.9.